The quantitative estimate of drug-likeness (QED) is 0.789. The zero-order valence-electron chi connectivity index (χ0n) is 11.4. The molecule has 1 N–H and O–H groups in total. The summed E-state index contributed by atoms with van der Waals surface area (Å²) >= 11 is 0. The van der Waals surface area contributed by atoms with Gasteiger partial charge in [-0.2, -0.15) is 0 Å². The van der Waals surface area contributed by atoms with Crippen molar-refractivity contribution in [3.8, 4) is 0 Å². The van der Waals surface area contributed by atoms with Crippen LogP contribution in [-0.2, 0) is 4.74 Å². The molecule has 3 aliphatic heterocycles. The van der Waals surface area contributed by atoms with E-state index in [1.54, 1.807) is 0 Å². The van der Waals surface area contributed by atoms with E-state index in [4.69, 9.17) is 4.74 Å². The Kier molecular flexibility index (Phi) is 2.96. The molecule has 3 aliphatic rings. The molecule has 3 rings (SSSR count). The van der Waals surface area contributed by atoms with Gasteiger partial charge < -0.3 is 10.1 Å². The van der Waals surface area contributed by atoms with Gasteiger partial charge in [-0.3, -0.25) is 4.90 Å². The summed E-state index contributed by atoms with van der Waals surface area (Å²) in [5.41, 5.74) is 0.116. The molecule has 3 saturated heterocycles. The van der Waals surface area contributed by atoms with Gasteiger partial charge in [-0.05, 0) is 58.5 Å². The molecule has 0 amide bonds. The van der Waals surface area contributed by atoms with Gasteiger partial charge in [0.2, 0.25) is 0 Å². The first-order valence-electron chi connectivity index (χ1n) is 7.18. The van der Waals surface area contributed by atoms with Gasteiger partial charge in [-0.1, -0.05) is 0 Å². The van der Waals surface area contributed by atoms with Crippen molar-refractivity contribution in [3.05, 3.63) is 0 Å². The van der Waals surface area contributed by atoms with Crippen LogP contribution in [-0.4, -0.2) is 48.8 Å². The molecule has 3 heteroatoms. The SMILES string of the molecule is CC1C2CNCC2CN1CC1CCC(C)(C)O1. The average Bonchev–Trinajstić information content (AvgIpc) is 2.88. The molecule has 4 atom stereocenters. The number of hydrogen-bond acceptors (Lipinski definition) is 3. The normalized spacial score (nSPS) is 45.4. The summed E-state index contributed by atoms with van der Waals surface area (Å²) in [6.07, 6.45) is 2.93. The summed E-state index contributed by atoms with van der Waals surface area (Å²) in [6.45, 7) is 11.7. The summed E-state index contributed by atoms with van der Waals surface area (Å²) in [5.74, 6) is 1.77. The van der Waals surface area contributed by atoms with E-state index in [1.165, 1.54) is 32.5 Å². The highest BCUT2D eigenvalue weighted by atomic mass is 16.5. The van der Waals surface area contributed by atoms with Gasteiger partial charge in [0.15, 0.2) is 0 Å². The number of fused-ring (bicyclic) bond motifs is 1. The third kappa shape index (κ3) is 2.25. The van der Waals surface area contributed by atoms with E-state index in [2.05, 4.69) is 31.0 Å². The monoisotopic (exact) mass is 238 g/mol. The minimum absolute atomic E-state index is 0.116. The molecule has 0 spiro atoms. The van der Waals surface area contributed by atoms with Crippen molar-refractivity contribution >= 4 is 0 Å². The Bertz CT molecular complexity index is 292. The van der Waals surface area contributed by atoms with Gasteiger partial charge in [-0.25, -0.2) is 0 Å². The summed E-state index contributed by atoms with van der Waals surface area (Å²) in [6, 6.07) is 0.738. The standard InChI is InChI=1S/C14H26N2O/c1-10-13-7-15-6-11(13)8-16(10)9-12-4-5-14(2,3)17-12/h10-13,15H,4-9H2,1-3H3. The molecule has 3 nitrogen and oxygen atoms in total. The molecule has 0 aromatic carbocycles. The maximum atomic E-state index is 6.12. The number of rotatable bonds is 2. The molecular weight excluding hydrogens is 212 g/mol. The van der Waals surface area contributed by atoms with E-state index in [0.29, 0.717) is 6.10 Å². The molecule has 98 valence electrons. The van der Waals surface area contributed by atoms with Gasteiger partial charge in [0.25, 0.3) is 0 Å². The summed E-state index contributed by atoms with van der Waals surface area (Å²) in [7, 11) is 0. The van der Waals surface area contributed by atoms with Crippen molar-refractivity contribution in [1.29, 1.82) is 0 Å². The van der Waals surface area contributed by atoms with Gasteiger partial charge in [0.05, 0.1) is 11.7 Å². The highest BCUT2D eigenvalue weighted by molar-refractivity contribution is 4.97. The van der Waals surface area contributed by atoms with E-state index < -0.39 is 0 Å². The second kappa shape index (κ2) is 4.22. The van der Waals surface area contributed by atoms with E-state index in [1.807, 2.05) is 0 Å². The Balaban J connectivity index is 1.56. The highest BCUT2D eigenvalue weighted by Gasteiger charge is 2.43. The lowest BCUT2D eigenvalue weighted by Gasteiger charge is -2.28. The second-order valence-electron chi connectivity index (χ2n) is 6.81. The third-order valence-electron chi connectivity index (χ3n) is 5.05. The van der Waals surface area contributed by atoms with E-state index in [-0.39, 0.29) is 5.60 Å². The molecule has 17 heavy (non-hydrogen) atoms. The maximum Gasteiger partial charge on any atom is 0.0710 e. The van der Waals surface area contributed by atoms with Crippen molar-refractivity contribution in [2.75, 3.05) is 26.2 Å². The van der Waals surface area contributed by atoms with Crippen LogP contribution in [0.1, 0.15) is 33.6 Å². The Morgan fingerprint density at radius 3 is 2.82 bits per heavy atom. The van der Waals surface area contributed by atoms with Gasteiger partial charge in [0.1, 0.15) is 0 Å². The van der Waals surface area contributed by atoms with Crippen LogP contribution in [0.15, 0.2) is 0 Å². The van der Waals surface area contributed by atoms with Crippen molar-refractivity contribution in [2.24, 2.45) is 11.8 Å². The molecule has 0 saturated carbocycles. The summed E-state index contributed by atoms with van der Waals surface area (Å²) < 4.78 is 6.12. The molecule has 4 unspecified atom stereocenters. The van der Waals surface area contributed by atoms with E-state index in [0.717, 1.165) is 24.4 Å². The maximum absolute atomic E-state index is 6.12. The van der Waals surface area contributed by atoms with Crippen molar-refractivity contribution < 1.29 is 4.74 Å². The van der Waals surface area contributed by atoms with Crippen LogP contribution in [0.5, 0.6) is 0 Å². The zero-order chi connectivity index (χ0) is 12.0. The van der Waals surface area contributed by atoms with Crippen LogP contribution < -0.4 is 5.32 Å². The van der Waals surface area contributed by atoms with Crippen LogP contribution in [0.2, 0.25) is 0 Å². The number of likely N-dealkylation sites (tertiary alicyclic amines) is 1. The fourth-order valence-electron chi connectivity index (χ4n) is 3.96. The minimum Gasteiger partial charge on any atom is -0.371 e. The molecule has 0 aromatic heterocycles. The number of nitrogens with one attached hydrogen (secondary N) is 1. The topological polar surface area (TPSA) is 24.5 Å². The molecule has 0 radical (unpaired) electrons. The number of nitrogens with zero attached hydrogens (tertiary/aromatic N) is 1. The Morgan fingerprint density at radius 1 is 1.35 bits per heavy atom. The predicted octanol–water partition coefficient (Wildman–Crippen LogP) is 1.48. The number of ether oxygens (including phenoxy) is 1. The van der Waals surface area contributed by atoms with Gasteiger partial charge in [0, 0.05) is 19.1 Å². The number of hydrogen-bond donors (Lipinski definition) is 1. The molecule has 3 fully saturated rings. The Hall–Kier alpha value is -0.120. The minimum atomic E-state index is 0.116. The first kappa shape index (κ1) is 11.9. The van der Waals surface area contributed by atoms with E-state index >= 15 is 0 Å². The average molecular weight is 238 g/mol. The summed E-state index contributed by atoms with van der Waals surface area (Å²) in [5, 5.41) is 3.52. The van der Waals surface area contributed by atoms with Crippen molar-refractivity contribution in [1.82, 2.24) is 10.2 Å². The second-order valence-corrected chi connectivity index (χ2v) is 6.81. The molecule has 0 aromatic rings. The van der Waals surface area contributed by atoms with Crippen molar-refractivity contribution in [2.45, 2.75) is 51.4 Å². The predicted molar refractivity (Wildman–Crippen MR) is 69.1 cm³/mol. The van der Waals surface area contributed by atoms with Crippen LogP contribution in [0.4, 0.5) is 0 Å². The van der Waals surface area contributed by atoms with Gasteiger partial charge in [-0.15, -0.1) is 0 Å². The Morgan fingerprint density at radius 2 is 2.18 bits per heavy atom. The van der Waals surface area contributed by atoms with Crippen LogP contribution in [0.3, 0.4) is 0 Å². The van der Waals surface area contributed by atoms with Gasteiger partial charge >= 0.3 is 0 Å². The first-order chi connectivity index (χ1) is 8.05. The van der Waals surface area contributed by atoms with Crippen LogP contribution in [0, 0.1) is 11.8 Å². The third-order valence-corrected chi connectivity index (χ3v) is 5.05. The molecule has 3 heterocycles. The molecular formula is C14H26N2O. The fraction of sp³-hybridized carbons (Fsp3) is 1.00. The first-order valence-corrected chi connectivity index (χ1v) is 7.18. The van der Waals surface area contributed by atoms with Crippen LogP contribution >= 0.6 is 0 Å². The molecule has 0 aliphatic carbocycles. The lowest BCUT2D eigenvalue weighted by atomic mass is 9.95. The van der Waals surface area contributed by atoms with E-state index in [9.17, 15) is 0 Å². The summed E-state index contributed by atoms with van der Waals surface area (Å²) in [4.78, 5) is 2.67. The van der Waals surface area contributed by atoms with Crippen molar-refractivity contribution in [3.63, 3.8) is 0 Å². The fourth-order valence-corrected chi connectivity index (χ4v) is 3.96. The van der Waals surface area contributed by atoms with Crippen LogP contribution in [0.25, 0.3) is 0 Å². The molecule has 0 bridgehead atoms. The largest absolute Gasteiger partial charge is 0.371 e. The Labute approximate surface area is 105 Å². The lowest BCUT2D eigenvalue weighted by molar-refractivity contribution is -0.0304. The lowest BCUT2D eigenvalue weighted by Crippen LogP contribution is -2.39. The smallest absolute Gasteiger partial charge is 0.0710 e. The zero-order valence-corrected chi connectivity index (χ0v) is 11.4. The highest BCUT2D eigenvalue weighted by Crippen LogP contribution is 2.35.